The minimum atomic E-state index is -1.88. The van der Waals surface area contributed by atoms with E-state index in [0.29, 0.717) is 15.4 Å². The SMILES string of the molecule is CC.Cc1ccccc1S(=O)ONC(=O)n1nc(C)n(C)c1=O. The molecule has 23 heavy (non-hydrogen) atoms. The number of aryl methyl sites for hydroxylation is 2. The van der Waals surface area contributed by atoms with E-state index in [9.17, 15) is 13.8 Å². The van der Waals surface area contributed by atoms with E-state index in [-0.39, 0.29) is 0 Å². The van der Waals surface area contributed by atoms with E-state index in [1.54, 1.807) is 38.1 Å². The van der Waals surface area contributed by atoms with Crippen LogP contribution in [0.25, 0.3) is 0 Å². The predicted molar refractivity (Wildman–Crippen MR) is 86.2 cm³/mol. The maximum Gasteiger partial charge on any atom is 0.371 e. The largest absolute Gasteiger partial charge is 0.371 e. The highest BCUT2D eigenvalue weighted by Gasteiger charge is 2.16. The Labute approximate surface area is 136 Å². The van der Waals surface area contributed by atoms with Crippen LogP contribution in [0.3, 0.4) is 0 Å². The Morgan fingerprint density at radius 1 is 1.26 bits per heavy atom. The van der Waals surface area contributed by atoms with Crippen LogP contribution >= 0.6 is 0 Å². The molecule has 1 N–H and O–H groups in total. The summed E-state index contributed by atoms with van der Waals surface area (Å²) < 4.78 is 18.5. The summed E-state index contributed by atoms with van der Waals surface area (Å²) in [5.41, 5.74) is 2.10. The number of benzene rings is 1. The fraction of sp³-hybridized carbons (Fsp3) is 0.357. The molecule has 0 saturated heterocycles. The van der Waals surface area contributed by atoms with E-state index in [2.05, 4.69) is 5.10 Å². The number of carbonyl (C=O) groups excluding carboxylic acids is 1. The first-order chi connectivity index (χ1) is 10.9. The summed E-state index contributed by atoms with van der Waals surface area (Å²) in [7, 11) is 1.49. The minimum Gasteiger partial charge on any atom is -0.282 e. The lowest BCUT2D eigenvalue weighted by Crippen LogP contribution is -2.37. The van der Waals surface area contributed by atoms with Gasteiger partial charge in [0.1, 0.15) is 5.82 Å². The molecule has 2 rings (SSSR count). The topological polar surface area (TPSA) is 95.2 Å². The normalized spacial score (nSPS) is 11.3. The second kappa shape index (κ2) is 8.39. The van der Waals surface area contributed by atoms with Crippen molar-refractivity contribution in [1.29, 1.82) is 0 Å². The van der Waals surface area contributed by atoms with Crippen LogP contribution in [-0.4, -0.2) is 24.6 Å². The lowest BCUT2D eigenvalue weighted by atomic mass is 10.2. The third-order valence-electron chi connectivity index (χ3n) is 2.87. The first-order valence-electron chi connectivity index (χ1n) is 6.99. The Morgan fingerprint density at radius 2 is 1.87 bits per heavy atom. The van der Waals surface area contributed by atoms with Gasteiger partial charge in [-0.05, 0) is 25.5 Å². The molecule has 0 radical (unpaired) electrons. The maximum atomic E-state index is 11.9. The molecule has 1 atom stereocenters. The molecule has 1 aromatic carbocycles. The van der Waals surface area contributed by atoms with E-state index in [1.165, 1.54) is 11.6 Å². The smallest absolute Gasteiger partial charge is 0.282 e. The Kier molecular flexibility index (Phi) is 6.86. The minimum absolute atomic E-state index is 0.371. The highest BCUT2D eigenvalue weighted by atomic mass is 32.2. The molecule has 0 saturated carbocycles. The highest BCUT2D eigenvalue weighted by Crippen LogP contribution is 2.12. The molecule has 9 heteroatoms. The molecule has 1 heterocycles. The van der Waals surface area contributed by atoms with Crippen LogP contribution < -0.4 is 11.2 Å². The number of hydrogen-bond donors (Lipinski definition) is 1. The van der Waals surface area contributed by atoms with Crippen molar-refractivity contribution in [1.82, 2.24) is 19.8 Å². The van der Waals surface area contributed by atoms with Gasteiger partial charge in [-0.3, -0.25) is 4.57 Å². The quantitative estimate of drug-likeness (QED) is 0.853. The monoisotopic (exact) mass is 340 g/mol. The van der Waals surface area contributed by atoms with Gasteiger partial charge < -0.3 is 0 Å². The second-order valence-electron chi connectivity index (χ2n) is 4.29. The Morgan fingerprint density at radius 3 is 2.39 bits per heavy atom. The zero-order valence-corrected chi connectivity index (χ0v) is 14.5. The van der Waals surface area contributed by atoms with Crippen molar-refractivity contribution < 1.29 is 13.3 Å². The van der Waals surface area contributed by atoms with Gasteiger partial charge in [-0.15, -0.1) is 9.78 Å². The summed E-state index contributed by atoms with van der Waals surface area (Å²) in [4.78, 5) is 23.9. The van der Waals surface area contributed by atoms with Gasteiger partial charge in [0.2, 0.25) is 11.1 Å². The van der Waals surface area contributed by atoms with E-state index in [1.807, 2.05) is 19.3 Å². The molecule has 0 bridgehead atoms. The molecule has 0 aliphatic carbocycles. The molecule has 0 fully saturated rings. The lowest BCUT2D eigenvalue weighted by molar-refractivity contribution is 0.186. The van der Waals surface area contributed by atoms with Gasteiger partial charge in [0.25, 0.3) is 0 Å². The van der Waals surface area contributed by atoms with Gasteiger partial charge in [-0.25, -0.2) is 13.8 Å². The summed E-state index contributed by atoms with van der Waals surface area (Å²) in [6.07, 6.45) is 0. The summed E-state index contributed by atoms with van der Waals surface area (Å²) in [6.45, 7) is 7.35. The van der Waals surface area contributed by atoms with Crippen molar-refractivity contribution in [3.05, 3.63) is 46.1 Å². The first kappa shape index (κ1) is 18.8. The van der Waals surface area contributed by atoms with Gasteiger partial charge in [0.05, 0.1) is 4.90 Å². The van der Waals surface area contributed by atoms with Crippen LogP contribution in [0, 0.1) is 13.8 Å². The summed E-state index contributed by atoms with van der Waals surface area (Å²) >= 11 is -1.88. The van der Waals surface area contributed by atoms with Crippen LogP contribution in [0.5, 0.6) is 0 Å². The van der Waals surface area contributed by atoms with E-state index in [4.69, 9.17) is 4.28 Å². The van der Waals surface area contributed by atoms with E-state index in [0.717, 1.165) is 5.56 Å². The number of aromatic nitrogens is 3. The first-order valence-corrected chi connectivity index (χ1v) is 8.07. The molecule has 0 spiro atoms. The molecule has 126 valence electrons. The average Bonchev–Trinajstić information content (AvgIpc) is 2.82. The van der Waals surface area contributed by atoms with E-state index < -0.39 is 22.8 Å². The molecule has 0 aliphatic heterocycles. The summed E-state index contributed by atoms with van der Waals surface area (Å²) in [5.74, 6) is 0.371. The summed E-state index contributed by atoms with van der Waals surface area (Å²) in [6, 6.07) is 5.98. The number of rotatable bonds is 3. The summed E-state index contributed by atoms with van der Waals surface area (Å²) in [5, 5.41) is 3.75. The third-order valence-corrected chi connectivity index (χ3v) is 3.92. The van der Waals surface area contributed by atoms with Gasteiger partial charge in [-0.1, -0.05) is 32.0 Å². The standard InChI is InChI=1S/C12H14N4O4S.C2H6/c1-8-6-4-5-7-10(8)21(19)20-14-11(17)16-12(18)15(3)9(2)13-16;1-2/h4-7H,1-3H3,(H,14,17);1-2H3. The van der Waals surface area contributed by atoms with Gasteiger partial charge in [-0.2, -0.15) is 9.76 Å². The molecule has 2 aromatic rings. The van der Waals surface area contributed by atoms with Gasteiger partial charge >= 0.3 is 11.7 Å². The highest BCUT2D eigenvalue weighted by molar-refractivity contribution is 7.80. The number of amides is 1. The maximum absolute atomic E-state index is 11.9. The molecular weight excluding hydrogens is 320 g/mol. The van der Waals surface area contributed by atoms with E-state index >= 15 is 0 Å². The van der Waals surface area contributed by atoms with Crippen LogP contribution in [0.1, 0.15) is 25.2 Å². The van der Waals surface area contributed by atoms with Crippen LogP contribution in [0.15, 0.2) is 34.0 Å². The zero-order chi connectivity index (χ0) is 17.6. The number of hydrogen-bond acceptors (Lipinski definition) is 5. The van der Waals surface area contributed by atoms with Crippen molar-refractivity contribution in [2.75, 3.05) is 0 Å². The molecule has 0 aliphatic rings. The number of nitrogens with one attached hydrogen (secondary N) is 1. The van der Waals surface area contributed by atoms with Crippen LogP contribution in [0.2, 0.25) is 0 Å². The van der Waals surface area contributed by atoms with Crippen molar-refractivity contribution in [2.24, 2.45) is 7.05 Å². The van der Waals surface area contributed by atoms with Crippen molar-refractivity contribution in [3.63, 3.8) is 0 Å². The average molecular weight is 340 g/mol. The Balaban J connectivity index is 0.00000127. The zero-order valence-electron chi connectivity index (χ0n) is 13.7. The molecule has 1 amide bonds. The number of nitrogens with zero attached hydrogens (tertiary/aromatic N) is 3. The fourth-order valence-electron chi connectivity index (χ4n) is 1.57. The number of hydroxylamine groups is 1. The van der Waals surface area contributed by atoms with Gasteiger partial charge in [0.15, 0.2) is 0 Å². The fourth-order valence-corrected chi connectivity index (χ4v) is 2.33. The Bertz CT molecular complexity index is 766. The molecule has 8 nitrogen and oxygen atoms in total. The van der Waals surface area contributed by atoms with Crippen molar-refractivity contribution in [3.8, 4) is 0 Å². The number of carbonyl (C=O) groups is 1. The van der Waals surface area contributed by atoms with Crippen molar-refractivity contribution in [2.45, 2.75) is 32.6 Å². The Hall–Kier alpha value is -2.26. The second-order valence-corrected chi connectivity index (χ2v) is 5.37. The molecule has 1 aromatic heterocycles. The van der Waals surface area contributed by atoms with Gasteiger partial charge in [0, 0.05) is 7.05 Å². The van der Waals surface area contributed by atoms with Crippen LogP contribution in [-0.2, 0) is 22.4 Å². The van der Waals surface area contributed by atoms with Crippen LogP contribution in [0.4, 0.5) is 4.79 Å². The lowest BCUT2D eigenvalue weighted by Gasteiger charge is -2.05. The van der Waals surface area contributed by atoms with Crippen molar-refractivity contribution >= 4 is 17.1 Å². The molecular formula is C14H20N4O4S. The molecule has 1 unspecified atom stereocenters. The predicted octanol–water partition coefficient (Wildman–Crippen LogP) is 1.44. The third kappa shape index (κ3) is 4.36.